The topological polar surface area (TPSA) is 58.6 Å². The summed E-state index contributed by atoms with van der Waals surface area (Å²) in [5, 5.41) is 2.87. The molecule has 3 rings (SSSR count). The van der Waals surface area contributed by atoms with Crippen LogP contribution in [0.15, 0.2) is 24.3 Å². The average Bonchev–Trinajstić information content (AvgIpc) is 3.23. The van der Waals surface area contributed by atoms with E-state index in [0.717, 1.165) is 25.0 Å². The van der Waals surface area contributed by atoms with Gasteiger partial charge in [-0.25, -0.2) is 0 Å². The quantitative estimate of drug-likeness (QED) is 0.887. The summed E-state index contributed by atoms with van der Waals surface area (Å²) in [4.78, 5) is 25.9. The van der Waals surface area contributed by atoms with Gasteiger partial charge in [0.2, 0.25) is 11.8 Å². The highest BCUT2D eigenvalue weighted by Crippen LogP contribution is 2.33. The zero-order valence-electron chi connectivity index (χ0n) is 14.4. The van der Waals surface area contributed by atoms with Gasteiger partial charge < -0.3 is 15.0 Å². The summed E-state index contributed by atoms with van der Waals surface area (Å²) < 4.78 is 44.1. The summed E-state index contributed by atoms with van der Waals surface area (Å²) in [6.07, 6.45) is -2.69. The zero-order chi connectivity index (χ0) is 18.9. The zero-order valence-corrected chi connectivity index (χ0v) is 14.4. The Morgan fingerprint density at radius 2 is 2.15 bits per heavy atom. The van der Waals surface area contributed by atoms with Crippen LogP contribution in [-0.4, -0.2) is 37.1 Å². The van der Waals surface area contributed by atoms with Gasteiger partial charge in [0.15, 0.2) is 0 Å². The molecule has 1 aromatic carbocycles. The fraction of sp³-hybridized carbons (Fsp3) is 0.556. The Labute approximate surface area is 149 Å². The van der Waals surface area contributed by atoms with Crippen molar-refractivity contribution in [3.8, 4) is 0 Å². The Balaban J connectivity index is 1.66. The lowest BCUT2D eigenvalue weighted by molar-refractivity contribution is -0.137. The maximum atomic E-state index is 12.9. The van der Waals surface area contributed by atoms with Crippen LogP contribution in [0.5, 0.6) is 0 Å². The van der Waals surface area contributed by atoms with E-state index in [1.807, 2.05) is 6.92 Å². The number of halogens is 3. The van der Waals surface area contributed by atoms with Gasteiger partial charge >= 0.3 is 6.18 Å². The van der Waals surface area contributed by atoms with Crippen LogP contribution in [0.4, 0.5) is 18.9 Å². The Bertz CT molecular complexity index is 687. The first kappa shape index (κ1) is 18.7. The van der Waals surface area contributed by atoms with Gasteiger partial charge in [-0.1, -0.05) is 6.07 Å². The second kappa shape index (κ2) is 7.26. The molecule has 5 nitrogen and oxygen atoms in total. The van der Waals surface area contributed by atoms with Crippen LogP contribution in [-0.2, 0) is 20.5 Å². The Hall–Kier alpha value is -2.09. The highest BCUT2D eigenvalue weighted by Gasteiger charge is 2.37. The standard InChI is InChI=1S/C18H21F3N2O3/c1-11(15-6-3-7-26-15)22-17(25)12-8-16(24)23(10-12)14-5-2-4-13(9-14)18(19,20)21/h2,4-5,9,11-12,15H,3,6-8,10H2,1H3,(H,22,25)/t11-,12+,15-/m0/s1. The summed E-state index contributed by atoms with van der Waals surface area (Å²) in [5.41, 5.74) is -0.657. The Kier molecular flexibility index (Phi) is 5.22. The molecule has 0 saturated carbocycles. The summed E-state index contributed by atoms with van der Waals surface area (Å²) in [6, 6.07) is 4.44. The van der Waals surface area contributed by atoms with Crippen molar-refractivity contribution < 1.29 is 27.5 Å². The van der Waals surface area contributed by atoms with E-state index in [1.165, 1.54) is 17.0 Å². The third kappa shape index (κ3) is 4.00. The minimum Gasteiger partial charge on any atom is -0.376 e. The third-order valence-electron chi connectivity index (χ3n) is 4.87. The second-order valence-corrected chi connectivity index (χ2v) is 6.80. The highest BCUT2D eigenvalue weighted by atomic mass is 19.4. The summed E-state index contributed by atoms with van der Waals surface area (Å²) in [5.74, 6) is -1.20. The molecule has 0 aliphatic carbocycles. The minimum absolute atomic E-state index is 0.0136. The van der Waals surface area contributed by atoms with Crippen molar-refractivity contribution in [2.45, 2.75) is 44.5 Å². The maximum absolute atomic E-state index is 12.9. The molecular weight excluding hydrogens is 349 g/mol. The predicted molar refractivity (Wildman–Crippen MR) is 88.5 cm³/mol. The SMILES string of the molecule is C[C@H](NC(=O)[C@@H]1CC(=O)N(c2cccc(C(F)(F)F)c2)C1)[C@@H]1CCCO1. The van der Waals surface area contributed by atoms with Crippen LogP contribution in [0, 0.1) is 5.92 Å². The van der Waals surface area contributed by atoms with E-state index in [-0.39, 0.29) is 42.6 Å². The van der Waals surface area contributed by atoms with Gasteiger partial charge in [-0.05, 0) is 38.0 Å². The molecule has 0 radical (unpaired) electrons. The molecule has 3 atom stereocenters. The van der Waals surface area contributed by atoms with Crippen molar-refractivity contribution in [1.82, 2.24) is 5.32 Å². The van der Waals surface area contributed by atoms with Crippen LogP contribution in [0.1, 0.15) is 31.7 Å². The van der Waals surface area contributed by atoms with Crippen molar-refractivity contribution in [2.24, 2.45) is 5.92 Å². The second-order valence-electron chi connectivity index (χ2n) is 6.80. The molecule has 0 aromatic heterocycles. The van der Waals surface area contributed by atoms with E-state index in [0.29, 0.717) is 6.61 Å². The lowest BCUT2D eigenvalue weighted by atomic mass is 10.1. The Morgan fingerprint density at radius 1 is 1.38 bits per heavy atom. The number of rotatable bonds is 4. The number of anilines is 1. The molecule has 2 fully saturated rings. The van der Waals surface area contributed by atoms with Crippen LogP contribution < -0.4 is 10.2 Å². The van der Waals surface area contributed by atoms with Crippen molar-refractivity contribution in [2.75, 3.05) is 18.1 Å². The largest absolute Gasteiger partial charge is 0.416 e. The van der Waals surface area contributed by atoms with Gasteiger partial charge in [0.1, 0.15) is 0 Å². The molecule has 2 aliphatic rings. The van der Waals surface area contributed by atoms with Gasteiger partial charge in [-0.15, -0.1) is 0 Å². The monoisotopic (exact) mass is 370 g/mol. The average molecular weight is 370 g/mol. The third-order valence-corrected chi connectivity index (χ3v) is 4.87. The van der Waals surface area contributed by atoms with E-state index in [2.05, 4.69) is 5.32 Å². The molecule has 142 valence electrons. The smallest absolute Gasteiger partial charge is 0.376 e. The highest BCUT2D eigenvalue weighted by molar-refractivity contribution is 6.00. The number of nitrogens with zero attached hydrogens (tertiary/aromatic N) is 1. The number of hydrogen-bond donors (Lipinski definition) is 1. The lowest BCUT2D eigenvalue weighted by Gasteiger charge is -2.22. The molecule has 0 unspecified atom stereocenters. The minimum atomic E-state index is -4.48. The molecule has 26 heavy (non-hydrogen) atoms. The fourth-order valence-corrected chi connectivity index (χ4v) is 3.41. The van der Waals surface area contributed by atoms with E-state index in [1.54, 1.807) is 0 Å². The molecule has 8 heteroatoms. The first-order valence-corrected chi connectivity index (χ1v) is 8.65. The van der Waals surface area contributed by atoms with E-state index in [9.17, 15) is 22.8 Å². The molecule has 2 heterocycles. The molecular formula is C18H21F3N2O3. The number of carbonyl (C=O) groups excluding carboxylic acids is 2. The number of ether oxygens (including phenoxy) is 1. The van der Waals surface area contributed by atoms with Crippen LogP contribution in [0.3, 0.4) is 0 Å². The van der Waals surface area contributed by atoms with Gasteiger partial charge in [0.05, 0.1) is 23.6 Å². The van der Waals surface area contributed by atoms with E-state index < -0.39 is 17.7 Å². The van der Waals surface area contributed by atoms with Gasteiger partial charge in [-0.3, -0.25) is 9.59 Å². The molecule has 2 aliphatic heterocycles. The van der Waals surface area contributed by atoms with E-state index >= 15 is 0 Å². The first-order chi connectivity index (χ1) is 12.3. The number of benzene rings is 1. The summed E-state index contributed by atoms with van der Waals surface area (Å²) in [7, 11) is 0. The normalized spacial score (nSPS) is 24.8. The predicted octanol–water partition coefficient (Wildman–Crippen LogP) is 2.74. The van der Waals surface area contributed by atoms with Crippen molar-refractivity contribution in [3.63, 3.8) is 0 Å². The first-order valence-electron chi connectivity index (χ1n) is 8.65. The number of nitrogens with one attached hydrogen (secondary N) is 1. The number of hydrogen-bond acceptors (Lipinski definition) is 3. The molecule has 2 saturated heterocycles. The molecule has 0 spiro atoms. The van der Waals surface area contributed by atoms with Crippen LogP contribution >= 0.6 is 0 Å². The molecule has 1 aromatic rings. The number of carbonyl (C=O) groups is 2. The maximum Gasteiger partial charge on any atom is 0.416 e. The fourth-order valence-electron chi connectivity index (χ4n) is 3.41. The Morgan fingerprint density at radius 3 is 2.81 bits per heavy atom. The van der Waals surface area contributed by atoms with Crippen molar-refractivity contribution in [1.29, 1.82) is 0 Å². The van der Waals surface area contributed by atoms with Crippen LogP contribution in [0.2, 0.25) is 0 Å². The molecule has 1 N–H and O–H groups in total. The van der Waals surface area contributed by atoms with Gasteiger partial charge in [-0.2, -0.15) is 13.2 Å². The van der Waals surface area contributed by atoms with Crippen molar-refractivity contribution >= 4 is 17.5 Å². The lowest BCUT2D eigenvalue weighted by Crippen LogP contribution is -2.44. The number of amides is 2. The molecule has 2 amide bonds. The van der Waals surface area contributed by atoms with E-state index in [4.69, 9.17) is 4.74 Å². The summed E-state index contributed by atoms with van der Waals surface area (Å²) in [6.45, 7) is 2.61. The van der Waals surface area contributed by atoms with Gasteiger partial charge in [0, 0.05) is 25.3 Å². The van der Waals surface area contributed by atoms with Crippen LogP contribution in [0.25, 0.3) is 0 Å². The summed E-state index contributed by atoms with van der Waals surface area (Å²) >= 11 is 0. The molecule has 0 bridgehead atoms. The van der Waals surface area contributed by atoms with Gasteiger partial charge in [0.25, 0.3) is 0 Å². The van der Waals surface area contributed by atoms with Crippen molar-refractivity contribution in [3.05, 3.63) is 29.8 Å². The number of alkyl halides is 3.